The molecule has 5 aromatic rings. The smallest absolute Gasteiger partial charge is 0.272 e. The number of nitrogens with one attached hydrogen (secondary N) is 3. The van der Waals surface area contributed by atoms with Crippen LogP contribution in [0.25, 0.3) is 17.2 Å². The van der Waals surface area contributed by atoms with Gasteiger partial charge in [0.05, 0.1) is 25.5 Å². The molecule has 11 heteroatoms. The third-order valence-corrected chi connectivity index (χ3v) is 9.13. The van der Waals surface area contributed by atoms with Gasteiger partial charge in [0.15, 0.2) is 0 Å². The van der Waals surface area contributed by atoms with E-state index >= 15 is 0 Å². The Hall–Kier alpha value is -5.83. The number of nitrogens with zero attached hydrogens (tertiary/aromatic N) is 1. The summed E-state index contributed by atoms with van der Waals surface area (Å²) in [5.74, 6) is -0.199. The second-order valence-electron chi connectivity index (χ2n) is 10.6. The van der Waals surface area contributed by atoms with Crippen molar-refractivity contribution in [3.63, 3.8) is 0 Å². The van der Waals surface area contributed by atoms with Crippen LogP contribution < -0.4 is 25.4 Å². The predicted molar refractivity (Wildman–Crippen MR) is 195 cm³/mol. The number of methoxy groups -OCH3 is 2. The average Bonchev–Trinajstić information content (AvgIpc) is 3.53. The summed E-state index contributed by atoms with van der Waals surface area (Å²) in [6, 6.07) is 30.8. The van der Waals surface area contributed by atoms with Crippen molar-refractivity contribution in [1.82, 2.24) is 5.32 Å². The number of hydrogen-bond acceptors (Lipinski definition) is 8. The molecule has 0 saturated heterocycles. The molecular formula is C38H32N4O5S2. The van der Waals surface area contributed by atoms with E-state index in [0.717, 1.165) is 21.6 Å². The SMILES string of the molecule is COc1ccc(OC)c(/C=C(/NC(=O)c2ccccc2)C(=O)Nc2cccc(SCC(=O)Nc3scc(-c4ccc(C)cc4)c3C#N)c2)c1. The molecule has 3 amide bonds. The summed E-state index contributed by atoms with van der Waals surface area (Å²) in [7, 11) is 3.04. The Morgan fingerprint density at radius 3 is 2.39 bits per heavy atom. The normalized spacial score (nSPS) is 10.9. The quantitative estimate of drug-likeness (QED) is 0.0903. The summed E-state index contributed by atoms with van der Waals surface area (Å²) in [6.07, 6.45) is 1.52. The molecule has 0 atom stereocenters. The molecule has 1 aromatic heterocycles. The largest absolute Gasteiger partial charge is 0.497 e. The van der Waals surface area contributed by atoms with E-state index in [-0.39, 0.29) is 17.4 Å². The fourth-order valence-electron chi connectivity index (χ4n) is 4.73. The van der Waals surface area contributed by atoms with Gasteiger partial charge in [-0.15, -0.1) is 23.1 Å². The molecular weight excluding hydrogens is 657 g/mol. The Bertz CT molecular complexity index is 2050. The van der Waals surface area contributed by atoms with Crippen molar-refractivity contribution in [3.05, 3.63) is 130 Å². The van der Waals surface area contributed by atoms with Crippen molar-refractivity contribution in [1.29, 1.82) is 5.26 Å². The summed E-state index contributed by atoms with van der Waals surface area (Å²) in [5.41, 5.74) is 4.56. The first-order valence-electron chi connectivity index (χ1n) is 15.0. The van der Waals surface area contributed by atoms with Gasteiger partial charge in [0.1, 0.15) is 28.3 Å². The fraction of sp³-hybridized carbons (Fsp3) is 0.105. The molecule has 1 heterocycles. The van der Waals surface area contributed by atoms with Crippen LogP contribution in [0.2, 0.25) is 0 Å². The fourth-order valence-corrected chi connectivity index (χ4v) is 6.42. The standard InChI is InChI=1S/C38H32N4O5S2/c1-24-12-14-25(15-13-24)32-22-49-38(31(32)21-39)42-35(43)23-48-30-11-7-10-28(20-30)40-37(45)33(41-36(44)26-8-5-4-6-9-26)19-27-18-29(46-2)16-17-34(27)47-3/h4-20,22H,23H2,1-3H3,(H,40,45)(H,41,44)(H,42,43)/b33-19+. The van der Waals surface area contributed by atoms with Crippen molar-refractivity contribution in [2.75, 3.05) is 30.6 Å². The molecule has 0 unspecified atom stereocenters. The summed E-state index contributed by atoms with van der Waals surface area (Å²) < 4.78 is 10.8. The van der Waals surface area contributed by atoms with Gasteiger partial charge in [0.25, 0.3) is 11.8 Å². The molecule has 3 N–H and O–H groups in total. The monoisotopic (exact) mass is 688 g/mol. The van der Waals surface area contributed by atoms with Crippen LogP contribution in [-0.2, 0) is 9.59 Å². The molecule has 0 aliphatic carbocycles. The number of carbonyl (C=O) groups excluding carboxylic acids is 3. The van der Waals surface area contributed by atoms with Crippen molar-refractivity contribution in [2.24, 2.45) is 0 Å². The zero-order valence-electron chi connectivity index (χ0n) is 26.9. The van der Waals surface area contributed by atoms with Crippen LogP contribution in [0, 0.1) is 18.3 Å². The van der Waals surface area contributed by atoms with Gasteiger partial charge in [-0.25, -0.2) is 0 Å². The molecule has 5 rings (SSSR count). The van der Waals surface area contributed by atoms with Crippen LogP contribution in [-0.4, -0.2) is 37.7 Å². The van der Waals surface area contributed by atoms with Gasteiger partial charge in [0, 0.05) is 32.7 Å². The van der Waals surface area contributed by atoms with Gasteiger partial charge >= 0.3 is 0 Å². The molecule has 0 spiro atoms. The van der Waals surface area contributed by atoms with E-state index in [0.29, 0.717) is 38.9 Å². The van der Waals surface area contributed by atoms with E-state index in [9.17, 15) is 19.6 Å². The van der Waals surface area contributed by atoms with Gasteiger partial charge in [-0.05, 0) is 67.1 Å². The molecule has 0 fully saturated rings. The highest BCUT2D eigenvalue weighted by molar-refractivity contribution is 8.00. The lowest BCUT2D eigenvalue weighted by atomic mass is 10.0. The number of ether oxygens (including phenoxy) is 2. The highest BCUT2D eigenvalue weighted by atomic mass is 32.2. The highest BCUT2D eigenvalue weighted by Crippen LogP contribution is 2.35. The first-order chi connectivity index (χ1) is 23.8. The van der Waals surface area contributed by atoms with Crippen molar-refractivity contribution >= 4 is 57.6 Å². The third kappa shape index (κ3) is 8.96. The molecule has 0 bridgehead atoms. The van der Waals surface area contributed by atoms with Gasteiger partial charge < -0.3 is 25.4 Å². The molecule has 49 heavy (non-hydrogen) atoms. The molecule has 246 valence electrons. The van der Waals surface area contributed by atoms with E-state index in [1.807, 2.05) is 42.6 Å². The van der Waals surface area contributed by atoms with Crippen LogP contribution in [0.3, 0.4) is 0 Å². The first kappa shape index (κ1) is 34.5. The summed E-state index contributed by atoms with van der Waals surface area (Å²) in [4.78, 5) is 40.4. The van der Waals surface area contributed by atoms with Crippen LogP contribution in [0.15, 0.2) is 113 Å². The average molecular weight is 689 g/mol. The van der Waals surface area contributed by atoms with E-state index in [4.69, 9.17) is 9.47 Å². The Labute approximate surface area is 292 Å². The first-order valence-corrected chi connectivity index (χ1v) is 16.9. The van der Waals surface area contributed by atoms with Gasteiger partial charge in [-0.3, -0.25) is 14.4 Å². The van der Waals surface area contributed by atoms with E-state index in [2.05, 4.69) is 22.0 Å². The number of aryl methyl sites for hydroxylation is 1. The number of amides is 3. The summed E-state index contributed by atoms with van der Waals surface area (Å²) >= 11 is 2.59. The lowest BCUT2D eigenvalue weighted by Crippen LogP contribution is -2.30. The van der Waals surface area contributed by atoms with E-state index in [1.54, 1.807) is 66.7 Å². The summed E-state index contributed by atoms with van der Waals surface area (Å²) in [6.45, 7) is 2.00. The Kier molecular flexibility index (Phi) is 11.5. The minimum atomic E-state index is -0.569. The van der Waals surface area contributed by atoms with Crippen molar-refractivity contribution < 1.29 is 23.9 Å². The van der Waals surface area contributed by atoms with Gasteiger partial charge in [-0.2, -0.15) is 5.26 Å². The minimum absolute atomic E-state index is 0.0212. The van der Waals surface area contributed by atoms with Gasteiger partial charge in [0.2, 0.25) is 5.91 Å². The Morgan fingerprint density at radius 2 is 1.67 bits per heavy atom. The highest BCUT2D eigenvalue weighted by Gasteiger charge is 2.18. The number of benzene rings is 4. The van der Waals surface area contributed by atoms with E-state index < -0.39 is 11.8 Å². The molecule has 0 saturated carbocycles. The van der Waals surface area contributed by atoms with Gasteiger partial charge in [-0.1, -0.05) is 54.1 Å². The lowest BCUT2D eigenvalue weighted by Gasteiger charge is -2.13. The summed E-state index contributed by atoms with van der Waals surface area (Å²) in [5, 5.41) is 20.6. The number of rotatable bonds is 12. The number of hydrogen-bond donors (Lipinski definition) is 3. The minimum Gasteiger partial charge on any atom is -0.497 e. The molecule has 0 radical (unpaired) electrons. The molecule has 4 aromatic carbocycles. The Morgan fingerprint density at radius 1 is 0.898 bits per heavy atom. The third-order valence-electron chi connectivity index (χ3n) is 7.25. The topological polar surface area (TPSA) is 130 Å². The zero-order valence-corrected chi connectivity index (χ0v) is 28.5. The zero-order chi connectivity index (χ0) is 34.8. The predicted octanol–water partition coefficient (Wildman–Crippen LogP) is 7.75. The number of thiophene rings is 1. The van der Waals surface area contributed by atoms with Crippen molar-refractivity contribution in [3.8, 4) is 28.7 Å². The lowest BCUT2D eigenvalue weighted by molar-refractivity contribution is -0.114. The molecule has 0 aliphatic heterocycles. The number of thioether (sulfide) groups is 1. The van der Waals surface area contributed by atoms with E-state index in [1.165, 1.54) is 43.4 Å². The number of anilines is 2. The molecule has 9 nitrogen and oxygen atoms in total. The number of nitriles is 1. The second kappa shape index (κ2) is 16.3. The van der Waals surface area contributed by atoms with Crippen LogP contribution in [0.1, 0.15) is 27.0 Å². The maximum Gasteiger partial charge on any atom is 0.272 e. The number of carbonyl (C=O) groups is 3. The second-order valence-corrected chi connectivity index (χ2v) is 12.6. The maximum absolute atomic E-state index is 13.6. The Balaban J connectivity index is 1.29. The van der Waals surface area contributed by atoms with Crippen LogP contribution >= 0.6 is 23.1 Å². The van der Waals surface area contributed by atoms with Crippen molar-refractivity contribution in [2.45, 2.75) is 11.8 Å². The maximum atomic E-state index is 13.6. The van der Waals surface area contributed by atoms with Crippen LogP contribution in [0.4, 0.5) is 10.7 Å². The molecule has 0 aliphatic rings. The van der Waals surface area contributed by atoms with Crippen LogP contribution in [0.5, 0.6) is 11.5 Å².